The van der Waals surface area contributed by atoms with Crippen LogP contribution in [-0.4, -0.2) is 0 Å². The first-order valence-corrected chi connectivity index (χ1v) is 5.18. The van der Waals surface area contributed by atoms with Gasteiger partial charge in [-0.05, 0) is 36.3 Å². The van der Waals surface area contributed by atoms with E-state index >= 15 is 0 Å². The Bertz CT molecular complexity index is 209. The molecule has 0 atom stereocenters. The topological polar surface area (TPSA) is 0 Å². The summed E-state index contributed by atoms with van der Waals surface area (Å²) in [5.41, 5.74) is 3.22. The van der Waals surface area contributed by atoms with Gasteiger partial charge in [-0.2, -0.15) is 0 Å². The molecule has 0 rings (SSSR count). The molecule has 0 aromatic carbocycles. The lowest BCUT2D eigenvalue weighted by Gasteiger charge is -2.27. The Morgan fingerprint density at radius 2 is 1.46 bits per heavy atom. The van der Waals surface area contributed by atoms with Crippen molar-refractivity contribution in [1.29, 1.82) is 0 Å². The van der Waals surface area contributed by atoms with Crippen LogP contribution in [0.2, 0.25) is 0 Å². The van der Waals surface area contributed by atoms with Crippen molar-refractivity contribution in [3.8, 4) is 0 Å². The molecular formula is C13H24. The second-order valence-electron chi connectivity index (χ2n) is 4.85. The quantitative estimate of drug-likeness (QED) is 0.546. The summed E-state index contributed by atoms with van der Waals surface area (Å²) in [6, 6.07) is 0. The first kappa shape index (κ1) is 12.5. The summed E-state index contributed by atoms with van der Waals surface area (Å²) in [5.74, 6) is 0.621. The van der Waals surface area contributed by atoms with E-state index in [0.29, 0.717) is 5.92 Å². The van der Waals surface area contributed by atoms with E-state index in [1.54, 1.807) is 0 Å². The molecule has 0 aliphatic rings. The fraction of sp³-hybridized carbons (Fsp3) is 0.692. The van der Waals surface area contributed by atoms with Gasteiger partial charge in [-0.15, -0.1) is 0 Å². The molecule has 0 saturated heterocycles. The van der Waals surface area contributed by atoms with Gasteiger partial charge in [0.05, 0.1) is 0 Å². The Balaban J connectivity index is 5.01. The third-order valence-electron chi connectivity index (χ3n) is 2.34. The van der Waals surface area contributed by atoms with E-state index in [-0.39, 0.29) is 5.41 Å². The number of hydrogen-bond acceptors (Lipinski definition) is 0. The molecule has 0 nitrogen and oxygen atoms in total. The summed E-state index contributed by atoms with van der Waals surface area (Å²) in [4.78, 5) is 0. The number of rotatable bonds is 2. The highest BCUT2D eigenvalue weighted by atomic mass is 14.3. The maximum atomic E-state index is 2.27. The molecule has 13 heavy (non-hydrogen) atoms. The predicted octanol–water partition coefficient (Wildman–Crippen LogP) is 4.58. The second-order valence-corrected chi connectivity index (χ2v) is 4.85. The summed E-state index contributed by atoms with van der Waals surface area (Å²) in [5, 5.41) is 0. The first-order valence-electron chi connectivity index (χ1n) is 5.18. The van der Waals surface area contributed by atoms with Crippen LogP contribution in [0.4, 0.5) is 0 Å². The SMILES string of the molecule is C/C=C(\C(=C/C)C(C)(C)C)C(C)C. The fourth-order valence-electron chi connectivity index (χ4n) is 1.83. The lowest BCUT2D eigenvalue weighted by molar-refractivity contribution is 0.496. The molecule has 0 aromatic rings. The van der Waals surface area contributed by atoms with Crippen LogP contribution in [0.3, 0.4) is 0 Å². The third-order valence-corrected chi connectivity index (χ3v) is 2.34. The summed E-state index contributed by atoms with van der Waals surface area (Å²) in [6.07, 6.45) is 4.49. The molecule has 0 N–H and O–H groups in total. The standard InChI is InChI=1S/C13H24/c1-8-11(10(3)4)12(9-2)13(5,6)7/h8-10H,1-7H3/b11-8-,12-9+. The van der Waals surface area contributed by atoms with Crippen LogP contribution in [-0.2, 0) is 0 Å². The molecule has 0 radical (unpaired) electrons. The minimum absolute atomic E-state index is 0.265. The fourth-order valence-corrected chi connectivity index (χ4v) is 1.83. The van der Waals surface area contributed by atoms with Crippen LogP contribution in [0.5, 0.6) is 0 Å². The number of hydrogen-bond donors (Lipinski definition) is 0. The minimum Gasteiger partial charge on any atom is -0.0839 e. The Hall–Kier alpha value is -0.520. The molecule has 0 unspecified atom stereocenters. The molecule has 0 bridgehead atoms. The van der Waals surface area contributed by atoms with Crippen molar-refractivity contribution >= 4 is 0 Å². The molecule has 0 spiro atoms. The summed E-state index contributed by atoms with van der Waals surface area (Å²) >= 11 is 0. The zero-order valence-electron chi connectivity index (χ0n) is 10.2. The maximum Gasteiger partial charge on any atom is -0.0132 e. The number of allylic oxidation sites excluding steroid dienone is 4. The average molecular weight is 180 g/mol. The van der Waals surface area contributed by atoms with Gasteiger partial charge in [0.25, 0.3) is 0 Å². The summed E-state index contributed by atoms with van der Waals surface area (Å²) in [6.45, 7) is 15.6. The summed E-state index contributed by atoms with van der Waals surface area (Å²) < 4.78 is 0. The third kappa shape index (κ3) is 3.38. The van der Waals surface area contributed by atoms with Gasteiger partial charge in [-0.3, -0.25) is 0 Å². The highest BCUT2D eigenvalue weighted by Crippen LogP contribution is 2.34. The molecule has 0 saturated carbocycles. The molecule has 0 fully saturated rings. The van der Waals surface area contributed by atoms with Crippen LogP contribution in [0.1, 0.15) is 48.5 Å². The van der Waals surface area contributed by atoms with Crippen LogP contribution in [0, 0.1) is 11.3 Å². The predicted molar refractivity (Wildman–Crippen MR) is 61.8 cm³/mol. The Labute approximate surface area is 83.7 Å². The first-order chi connectivity index (χ1) is 5.84. The average Bonchev–Trinajstić information content (AvgIpc) is 1.96. The van der Waals surface area contributed by atoms with Gasteiger partial charge >= 0.3 is 0 Å². The van der Waals surface area contributed by atoms with Crippen molar-refractivity contribution in [3.63, 3.8) is 0 Å². The van der Waals surface area contributed by atoms with E-state index < -0.39 is 0 Å². The van der Waals surface area contributed by atoms with Crippen LogP contribution in [0.25, 0.3) is 0 Å². The molecular weight excluding hydrogens is 156 g/mol. The van der Waals surface area contributed by atoms with E-state index in [1.165, 1.54) is 11.1 Å². The lowest BCUT2D eigenvalue weighted by Crippen LogP contribution is -2.14. The van der Waals surface area contributed by atoms with Gasteiger partial charge in [0, 0.05) is 0 Å². The monoisotopic (exact) mass is 180 g/mol. The minimum atomic E-state index is 0.265. The Morgan fingerprint density at radius 3 is 1.54 bits per heavy atom. The highest BCUT2D eigenvalue weighted by molar-refractivity contribution is 5.35. The van der Waals surface area contributed by atoms with E-state index in [9.17, 15) is 0 Å². The second kappa shape index (κ2) is 4.64. The van der Waals surface area contributed by atoms with Gasteiger partial charge in [0.1, 0.15) is 0 Å². The van der Waals surface area contributed by atoms with Crippen molar-refractivity contribution in [2.24, 2.45) is 11.3 Å². The van der Waals surface area contributed by atoms with Crippen molar-refractivity contribution in [2.75, 3.05) is 0 Å². The van der Waals surface area contributed by atoms with Crippen molar-refractivity contribution < 1.29 is 0 Å². The molecule has 0 aromatic heterocycles. The van der Waals surface area contributed by atoms with Crippen LogP contribution >= 0.6 is 0 Å². The molecule has 0 heterocycles. The van der Waals surface area contributed by atoms with Crippen LogP contribution in [0.15, 0.2) is 23.3 Å². The van der Waals surface area contributed by atoms with Gasteiger partial charge in [-0.1, -0.05) is 46.8 Å². The Morgan fingerprint density at radius 1 is 1.00 bits per heavy atom. The largest absolute Gasteiger partial charge is 0.0839 e. The summed E-state index contributed by atoms with van der Waals surface area (Å²) in [7, 11) is 0. The molecule has 76 valence electrons. The van der Waals surface area contributed by atoms with Gasteiger partial charge in [0.15, 0.2) is 0 Å². The smallest absolute Gasteiger partial charge is 0.0132 e. The molecule has 0 aliphatic carbocycles. The van der Waals surface area contributed by atoms with Crippen molar-refractivity contribution in [1.82, 2.24) is 0 Å². The van der Waals surface area contributed by atoms with Crippen molar-refractivity contribution in [2.45, 2.75) is 48.5 Å². The molecule has 0 amide bonds. The zero-order chi connectivity index (χ0) is 10.6. The van der Waals surface area contributed by atoms with E-state index in [4.69, 9.17) is 0 Å². The van der Waals surface area contributed by atoms with Crippen molar-refractivity contribution in [3.05, 3.63) is 23.3 Å². The Kier molecular flexibility index (Phi) is 4.46. The van der Waals surface area contributed by atoms with Crippen LogP contribution < -0.4 is 0 Å². The van der Waals surface area contributed by atoms with E-state index in [2.05, 4.69) is 60.6 Å². The van der Waals surface area contributed by atoms with E-state index in [0.717, 1.165) is 0 Å². The lowest BCUT2D eigenvalue weighted by atomic mass is 9.78. The normalized spacial score (nSPS) is 15.4. The van der Waals surface area contributed by atoms with E-state index in [1.807, 2.05) is 0 Å². The maximum absolute atomic E-state index is 2.27. The molecule has 0 heteroatoms. The van der Waals surface area contributed by atoms with Gasteiger partial charge in [-0.25, -0.2) is 0 Å². The zero-order valence-corrected chi connectivity index (χ0v) is 10.2. The van der Waals surface area contributed by atoms with Gasteiger partial charge < -0.3 is 0 Å². The highest BCUT2D eigenvalue weighted by Gasteiger charge is 2.20. The van der Waals surface area contributed by atoms with Gasteiger partial charge in [0.2, 0.25) is 0 Å². The molecule has 0 aliphatic heterocycles.